The minimum absolute atomic E-state index is 0. The van der Waals surface area contributed by atoms with E-state index in [0.717, 1.165) is 12.8 Å². The molecule has 1 atom stereocenters. The van der Waals surface area contributed by atoms with Gasteiger partial charge >= 0.3 is 0 Å². The zero-order valence-corrected chi connectivity index (χ0v) is 16.4. The molecule has 0 aliphatic rings. The molecule has 23 heavy (non-hydrogen) atoms. The summed E-state index contributed by atoms with van der Waals surface area (Å²) in [6, 6.07) is 0.177. The maximum Gasteiger partial charge on any atom is 0.0165 e. The van der Waals surface area contributed by atoms with Crippen molar-refractivity contribution in [2.75, 3.05) is 6.54 Å². The van der Waals surface area contributed by atoms with Crippen LogP contribution in [0, 0.1) is 0 Å². The van der Waals surface area contributed by atoms with Crippen molar-refractivity contribution in [1.82, 2.24) is 0 Å². The number of unbranched alkanes of at least 4 members (excludes halogenated alkanes) is 12. The maximum absolute atomic E-state index is 5.77. The molecular weight excluding hydrogens is 304 g/mol. The minimum atomic E-state index is 0. The Kier molecular flexibility index (Phi) is 24.0. The standard InChI is InChI=1S/C20H42N2.ClH/c1-2-3-4-5-6-7-8-9-10-11-12-13-14-15-16-17-18-20(22)19-21;/h15-16,20H,2-14,17-19,21-22H2,1H3;1H/b16-15-;/t20-;/m0./s1. The van der Waals surface area contributed by atoms with E-state index in [9.17, 15) is 0 Å². The summed E-state index contributed by atoms with van der Waals surface area (Å²) in [6.07, 6.45) is 25.0. The second kappa shape index (κ2) is 21.9. The fourth-order valence-electron chi connectivity index (χ4n) is 2.77. The number of rotatable bonds is 17. The summed E-state index contributed by atoms with van der Waals surface area (Å²) in [4.78, 5) is 0. The molecule has 0 aliphatic heterocycles. The van der Waals surface area contributed by atoms with E-state index in [1.165, 1.54) is 83.5 Å². The van der Waals surface area contributed by atoms with Crippen LogP contribution in [-0.2, 0) is 0 Å². The fraction of sp³-hybridized carbons (Fsp3) is 0.900. The van der Waals surface area contributed by atoms with Gasteiger partial charge in [-0.3, -0.25) is 0 Å². The first-order valence-corrected chi connectivity index (χ1v) is 9.92. The lowest BCUT2D eigenvalue weighted by molar-refractivity contribution is 0.545. The molecule has 0 saturated carbocycles. The monoisotopic (exact) mass is 346 g/mol. The highest BCUT2D eigenvalue weighted by Gasteiger charge is 1.95. The molecule has 0 aromatic rings. The second-order valence-corrected chi connectivity index (χ2v) is 6.72. The van der Waals surface area contributed by atoms with E-state index in [1.807, 2.05) is 0 Å². The Bertz CT molecular complexity index is 232. The summed E-state index contributed by atoms with van der Waals surface area (Å²) in [5.41, 5.74) is 11.3. The van der Waals surface area contributed by atoms with Gasteiger partial charge in [0.25, 0.3) is 0 Å². The normalized spacial score (nSPS) is 12.5. The molecular formula is C20H43ClN2. The van der Waals surface area contributed by atoms with Gasteiger partial charge in [-0.1, -0.05) is 89.7 Å². The van der Waals surface area contributed by atoms with Gasteiger partial charge in [-0.25, -0.2) is 0 Å². The largest absolute Gasteiger partial charge is 0.329 e. The number of halogens is 1. The van der Waals surface area contributed by atoms with Gasteiger partial charge in [0.2, 0.25) is 0 Å². The number of hydrogen-bond acceptors (Lipinski definition) is 2. The summed E-state index contributed by atoms with van der Waals surface area (Å²) < 4.78 is 0. The summed E-state index contributed by atoms with van der Waals surface area (Å²) in [5.74, 6) is 0. The van der Waals surface area contributed by atoms with Crippen LogP contribution in [0.2, 0.25) is 0 Å². The van der Waals surface area contributed by atoms with E-state index >= 15 is 0 Å². The number of hydrogen-bond donors (Lipinski definition) is 2. The summed E-state index contributed by atoms with van der Waals surface area (Å²) >= 11 is 0. The number of nitrogens with two attached hydrogens (primary N) is 2. The second-order valence-electron chi connectivity index (χ2n) is 6.72. The van der Waals surface area contributed by atoms with Crippen LogP contribution in [0.1, 0.15) is 103 Å². The van der Waals surface area contributed by atoms with Gasteiger partial charge in [-0.2, -0.15) is 0 Å². The third-order valence-electron chi connectivity index (χ3n) is 4.40. The molecule has 0 amide bonds. The first kappa shape index (κ1) is 25.2. The molecule has 0 spiro atoms. The van der Waals surface area contributed by atoms with Crippen LogP contribution in [0.15, 0.2) is 12.2 Å². The van der Waals surface area contributed by atoms with E-state index in [2.05, 4.69) is 19.1 Å². The molecule has 0 unspecified atom stereocenters. The maximum atomic E-state index is 5.77. The average molecular weight is 347 g/mol. The van der Waals surface area contributed by atoms with Gasteiger partial charge in [0, 0.05) is 12.6 Å². The summed E-state index contributed by atoms with van der Waals surface area (Å²) in [5, 5.41) is 0. The van der Waals surface area contributed by atoms with E-state index in [1.54, 1.807) is 0 Å². The Balaban J connectivity index is 0. The molecule has 4 N–H and O–H groups in total. The van der Waals surface area contributed by atoms with Crippen molar-refractivity contribution in [3.8, 4) is 0 Å². The third-order valence-corrected chi connectivity index (χ3v) is 4.40. The van der Waals surface area contributed by atoms with Gasteiger partial charge in [0.05, 0.1) is 0 Å². The number of allylic oxidation sites excluding steroid dienone is 2. The smallest absolute Gasteiger partial charge is 0.0165 e. The molecule has 0 radical (unpaired) electrons. The predicted octanol–water partition coefficient (Wildman–Crippen LogP) is 6.12. The zero-order valence-electron chi connectivity index (χ0n) is 15.6. The molecule has 0 heterocycles. The molecule has 0 saturated heterocycles. The van der Waals surface area contributed by atoms with E-state index in [4.69, 9.17) is 11.5 Å². The first-order valence-electron chi connectivity index (χ1n) is 9.92. The lowest BCUT2D eigenvalue weighted by atomic mass is 10.0. The molecule has 0 aliphatic carbocycles. The molecule has 0 aromatic heterocycles. The third kappa shape index (κ3) is 21.9. The van der Waals surface area contributed by atoms with Crippen molar-refractivity contribution in [2.24, 2.45) is 11.5 Å². The summed E-state index contributed by atoms with van der Waals surface area (Å²) in [6.45, 7) is 2.89. The van der Waals surface area contributed by atoms with Gasteiger partial charge in [0.15, 0.2) is 0 Å². The Hall–Kier alpha value is -0.0500. The van der Waals surface area contributed by atoms with Crippen LogP contribution in [0.4, 0.5) is 0 Å². The van der Waals surface area contributed by atoms with Crippen LogP contribution >= 0.6 is 12.4 Å². The van der Waals surface area contributed by atoms with Crippen molar-refractivity contribution in [3.05, 3.63) is 12.2 Å². The Morgan fingerprint density at radius 1 is 0.696 bits per heavy atom. The highest BCUT2D eigenvalue weighted by Crippen LogP contribution is 2.12. The van der Waals surface area contributed by atoms with Gasteiger partial charge < -0.3 is 11.5 Å². The minimum Gasteiger partial charge on any atom is -0.329 e. The molecule has 3 heteroatoms. The van der Waals surface area contributed by atoms with E-state index < -0.39 is 0 Å². The van der Waals surface area contributed by atoms with Crippen LogP contribution in [0.25, 0.3) is 0 Å². The van der Waals surface area contributed by atoms with Crippen LogP contribution in [0.5, 0.6) is 0 Å². The van der Waals surface area contributed by atoms with Crippen molar-refractivity contribution in [3.63, 3.8) is 0 Å². The predicted molar refractivity (Wildman–Crippen MR) is 108 cm³/mol. The Morgan fingerprint density at radius 2 is 1.13 bits per heavy atom. The van der Waals surface area contributed by atoms with Gasteiger partial charge in [0.1, 0.15) is 0 Å². The van der Waals surface area contributed by atoms with Gasteiger partial charge in [-0.05, 0) is 25.7 Å². The SMILES string of the molecule is CCCCCCCCCCCCCC/C=C\CC[C@H](N)CN.Cl. The van der Waals surface area contributed by atoms with Crippen molar-refractivity contribution in [1.29, 1.82) is 0 Å². The quantitative estimate of drug-likeness (QED) is 0.246. The van der Waals surface area contributed by atoms with Crippen LogP contribution in [0.3, 0.4) is 0 Å². The van der Waals surface area contributed by atoms with E-state index in [0.29, 0.717) is 6.54 Å². The highest BCUT2D eigenvalue weighted by atomic mass is 35.5. The van der Waals surface area contributed by atoms with Crippen molar-refractivity contribution >= 4 is 12.4 Å². The highest BCUT2D eigenvalue weighted by molar-refractivity contribution is 5.85. The fourth-order valence-corrected chi connectivity index (χ4v) is 2.77. The summed E-state index contributed by atoms with van der Waals surface area (Å²) in [7, 11) is 0. The molecule has 0 aromatic carbocycles. The average Bonchev–Trinajstić information content (AvgIpc) is 2.54. The molecule has 140 valence electrons. The van der Waals surface area contributed by atoms with Crippen LogP contribution < -0.4 is 11.5 Å². The first-order chi connectivity index (χ1) is 10.8. The lowest BCUT2D eigenvalue weighted by Gasteiger charge is -2.04. The van der Waals surface area contributed by atoms with Crippen LogP contribution in [-0.4, -0.2) is 12.6 Å². The Morgan fingerprint density at radius 3 is 1.61 bits per heavy atom. The van der Waals surface area contributed by atoms with Crippen molar-refractivity contribution < 1.29 is 0 Å². The molecule has 2 nitrogen and oxygen atoms in total. The lowest BCUT2D eigenvalue weighted by Crippen LogP contribution is -2.29. The molecule has 0 fully saturated rings. The van der Waals surface area contributed by atoms with E-state index in [-0.39, 0.29) is 18.4 Å². The molecule has 0 bridgehead atoms. The zero-order chi connectivity index (χ0) is 16.3. The van der Waals surface area contributed by atoms with Crippen molar-refractivity contribution in [2.45, 2.75) is 109 Å². The topological polar surface area (TPSA) is 52.0 Å². The Labute approximate surface area is 152 Å². The molecule has 0 rings (SSSR count). The van der Waals surface area contributed by atoms with Gasteiger partial charge in [-0.15, -0.1) is 12.4 Å².